The van der Waals surface area contributed by atoms with Gasteiger partial charge in [0.2, 0.25) is 0 Å². The van der Waals surface area contributed by atoms with Crippen molar-refractivity contribution in [2.24, 2.45) is 39.7 Å². The Bertz CT molecular complexity index is 683. The number of allylic oxidation sites excluding steroid dienone is 2. The second kappa shape index (κ2) is 6.63. The zero-order valence-corrected chi connectivity index (χ0v) is 17.3. The Hall–Kier alpha value is -1.32. The molecule has 0 spiro atoms. The maximum absolute atomic E-state index is 11.4. The molecule has 7 atom stereocenters. The lowest BCUT2D eigenvalue weighted by Gasteiger charge is -2.60. The van der Waals surface area contributed by atoms with Crippen LogP contribution in [0.4, 0.5) is 0 Å². The average molecular weight is 374 g/mol. The van der Waals surface area contributed by atoms with E-state index in [4.69, 9.17) is 4.74 Å². The summed E-state index contributed by atoms with van der Waals surface area (Å²) >= 11 is 0. The summed E-state index contributed by atoms with van der Waals surface area (Å²) in [6, 6.07) is 0. The third kappa shape index (κ3) is 2.86. The molecule has 0 radical (unpaired) electrons. The van der Waals surface area contributed by atoms with Crippen molar-refractivity contribution in [2.45, 2.75) is 85.2 Å². The highest BCUT2D eigenvalue weighted by molar-refractivity contribution is 5.99. The van der Waals surface area contributed by atoms with E-state index in [-0.39, 0.29) is 17.5 Å². The van der Waals surface area contributed by atoms with Crippen LogP contribution in [-0.4, -0.2) is 23.0 Å². The Morgan fingerprint density at radius 3 is 2.63 bits per heavy atom. The molecule has 3 fully saturated rings. The van der Waals surface area contributed by atoms with Crippen LogP contribution in [0, 0.1) is 34.5 Å². The van der Waals surface area contributed by atoms with Crippen molar-refractivity contribution >= 4 is 11.7 Å². The first-order valence-electron chi connectivity index (χ1n) is 10.9. The maximum Gasteiger partial charge on any atom is 0.302 e. The number of ether oxygens (including phenoxy) is 1. The van der Waals surface area contributed by atoms with Crippen LogP contribution in [0.2, 0.25) is 0 Å². The van der Waals surface area contributed by atoms with Crippen LogP contribution in [0.5, 0.6) is 0 Å². The first-order chi connectivity index (χ1) is 12.8. The van der Waals surface area contributed by atoms with E-state index < -0.39 is 0 Å². The topological polar surface area (TPSA) is 58.9 Å². The van der Waals surface area contributed by atoms with E-state index >= 15 is 0 Å². The van der Waals surface area contributed by atoms with Gasteiger partial charge in [-0.05, 0) is 98.4 Å². The first kappa shape index (κ1) is 19.0. The van der Waals surface area contributed by atoms with Gasteiger partial charge in [-0.15, -0.1) is 0 Å². The molecule has 0 bridgehead atoms. The van der Waals surface area contributed by atoms with Gasteiger partial charge in [-0.1, -0.05) is 25.1 Å². The molecule has 4 heteroatoms. The summed E-state index contributed by atoms with van der Waals surface area (Å²) in [6.45, 7) is 8.42. The van der Waals surface area contributed by atoms with E-state index in [1.807, 2.05) is 6.92 Å². The number of hydrogen-bond donors (Lipinski definition) is 1. The van der Waals surface area contributed by atoms with Gasteiger partial charge in [0.15, 0.2) is 0 Å². The number of carbonyl (C=O) groups is 1. The molecule has 3 saturated carbocycles. The maximum atomic E-state index is 11.4. The molecule has 4 nitrogen and oxygen atoms in total. The van der Waals surface area contributed by atoms with Crippen molar-refractivity contribution in [1.29, 1.82) is 0 Å². The minimum Gasteiger partial charge on any atom is -0.463 e. The number of oxime groups is 1. The Morgan fingerprint density at radius 1 is 1.15 bits per heavy atom. The smallest absolute Gasteiger partial charge is 0.302 e. The van der Waals surface area contributed by atoms with Crippen LogP contribution < -0.4 is 0 Å². The Balaban J connectivity index is 1.54. The highest BCUT2D eigenvalue weighted by Crippen LogP contribution is 2.66. The fraction of sp³-hybridized carbons (Fsp3) is 0.826. The van der Waals surface area contributed by atoms with Crippen LogP contribution in [0.25, 0.3) is 0 Å². The van der Waals surface area contributed by atoms with Gasteiger partial charge in [0.1, 0.15) is 6.10 Å². The summed E-state index contributed by atoms with van der Waals surface area (Å²) in [6.07, 6.45) is 11.9. The minimum absolute atomic E-state index is 0.129. The van der Waals surface area contributed by atoms with Crippen molar-refractivity contribution in [1.82, 2.24) is 0 Å². The summed E-state index contributed by atoms with van der Waals surface area (Å²) in [5.41, 5.74) is 2.67. The van der Waals surface area contributed by atoms with Crippen molar-refractivity contribution < 1.29 is 14.7 Å². The van der Waals surface area contributed by atoms with Gasteiger partial charge in [0.05, 0.1) is 5.71 Å². The summed E-state index contributed by atoms with van der Waals surface area (Å²) < 4.78 is 5.58. The molecule has 0 saturated heterocycles. The quantitative estimate of drug-likeness (QED) is 0.307. The van der Waals surface area contributed by atoms with Gasteiger partial charge in [-0.2, -0.15) is 0 Å². The Kier molecular flexibility index (Phi) is 4.67. The summed E-state index contributed by atoms with van der Waals surface area (Å²) in [4.78, 5) is 11.4. The van der Waals surface area contributed by atoms with E-state index in [0.29, 0.717) is 17.3 Å². The van der Waals surface area contributed by atoms with Crippen LogP contribution in [0.15, 0.2) is 16.8 Å². The molecule has 0 aromatic carbocycles. The molecule has 0 amide bonds. The second-order valence-electron chi connectivity index (χ2n) is 10.2. The number of hydrogen-bond acceptors (Lipinski definition) is 4. The predicted molar refractivity (Wildman–Crippen MR) is 106 cm³/mol. The minimum atomic E-state index is -0.129. The SMILES string of the molecule is CC(=O)OC1CCC2(C)C(CCC3C4CC=C(/C(C)=N/O)C4(C)CCC32)C1. The number of esters is 1. The number of fused-ring (bicyclic) bond motifs is 5. The number of nitrogens with zero attached hydrogens (tertiary/aromatic N) is 1. The third-order valence-corrected chi connectivity index (χ3v) is 9.07. The summed E-state index contributed by atoms with van der Waals surface area (Å²) in [5.74, 6) is 2.81. The van der Waals surface area contributed by atoms with E-state index in [1.54, 1.807) is 0 Å². The van der Waals surface area contributed by atoms with Crippen molar-refractivity contribution in [2.75, 3.05) is 0 Å². The molecule has 150 valence electrons. The normalized spacial score (nSPS) is 46.7. The molecule has 4 aliphatic carbocycles. The molecule has 4 aliphatic rings. The molecule has 7 unspecified atom stereocenters. The Labute approximate surface area is 163 Å². The average Bonchev–Trinajstić information content (AvgIpc) is 2.98. The summed E-state index contributed by atoms with van der Waals surface area (Å²) in [7, 11) is 0. The summed E-state index contributed by atoms with van der Waals surface area (Å²) in [5, 5.41) is 12.9. The van der Waals surface area contributed by atoms with Crippen LogP contribution in [0.1, 0.15) is 79.1 Å². The van der Waals surface area contributed by atoms with Crippen LogP contribution >= 0.6 is 0 Å². The monoisotopic (exact) mass is 373 g/mol. The van der Waals surface area contributed by atoms with E-state index in [2.05, 4.69) is 25.1 Å². The Morgan fingerprint density at radius 2 is 1.93 bits per heavy atom. The van der Waals surface area contributed by atoms with Gasteiger partial charge in [-0.3, -0.25) is 4.79 Å². The zero-order chi connectivity index (χ0) is 19.4. The molecule has 0 aromatic rings. The molecule has 1 N–H and O–H groups in total. The largest absolute Gasteiger partial charge is 0.463 e. The van der Waals surface area contributed by atoms with Crippen molar-refractivity contribution in [3.05, 3.63) is 11.6 Å². The van der Waals surface area contributed by atoms with Gasteiger partial charge < -0.3 is 9.94 Å². The highest BCUT2D eigenvalue weighted by Gasteiger charge is 2.59. The zero-order valence-electron chi connectivity index (χ0n) is 17.3. The number of rotatable bonds is 2. The predicted octanol–water partition coefficient (Wildman–Crippen LogP) is 5.35. The van der Waals surface area contributed by atoms with Crippen LogP contribution in [0.3, 0.4) is 0 Å². The van der Waals surface area contributed by atoms with Crippen molar-refractivity contribution in [3.8, 4) is 0 Å². The standard InChI is InChI=1S/C23H35NO3/c1-14(24-26)19-7-8-20-18-6-5-16-13-17(27-15(2)25)9-11-22(16,3)21(18)10-12-23(19,20)4/h7,16-18,20-21,26H,5-6,8-13H2,1-4H3/b24-14+. The van der Waals surface area contributed by atoms with Crippen molar-refractivity contribution in [3.63, 3.8) is 0 Å². The molecule has 0 heterocycles. The van der Waals surface area contributed by atoms with Gasteiger partial charge in [0.25, 0.3) is 0 Å². The van der Waals surface area contributed by atoms with Gasteiger partial charge in [0, 0.05) is 6.92 Å². The number of carbonyl (C=O) groups excluding carboxylic acids is 1. The highest BCUT2D eigenvalue weighted by atomic mass is 16.5. The lowest BCUT2D eigenvalue weighted by atomic mass is 9.44. The van der Waals surface area contributed by atoms with Gasteiger partial charge in [-0.25, -0.2) is 0 Å². The van der Waals surface area contributed by atoms with Crippen LogP contribution in [-0.2, 0) is 9.53 Å². The van der Waals surface area contributed by atoms with E-state index in [0.717, 1.165) is 36.8 Å². The van der Waals surface area contributed by atoms with Gasteiger partial charge >= 0.3 is 5.97 Å². The van der Waals surface area contributed by atoms with E-state index in [1.165, 1.54) is 44.6 Å². The lowest BCUT2D eigenvalue weighted by molar-refractivity contribution is -0.158. The molecule has 4 rings (SSSR count). The molecule has 27 heavy (non-hydrogen) atoms. The fourth-order valence-electron chi connectivity index (χ4n) is 7.74. The third-order valence-electron chi connectivity index (χ3n) is 9.07. The second-order valence-corrected chi connectivity index (χ2v) is 10.2. The molecule has 0 aliphatic heterocycles. The van der Waals surface area contributed by atoms with E-state index in [9.17, 15) is 10.0 Å². The molecule has 0 aromatic heterocycles. The molecular weight excluding hydrogens is 338 g/mol. The lowest BCUT2D eigenvalue weighted by Crippen LogP contribution is -2.54. The molecular formula is C23H35NO3. The fourth-order valence-corrected chi connectivity index (χ4v) is 7.74. The first-order valence-corrected chi connectivity index (χ1v) is 10.9.